The minimum atomic E-state index is -0.304. The van der Waals surface area contributed by atoms with Crippen molar-refractivity contribution in [2.45, 2.75) is 20.3 Å². The van der Waals surface area contributed by atoms with Crippen molar-refractivity contribution in [2.24, 2.45) is 11.0 Å². The number of para-hydroxylation sites is 2. The first-order valence-corrected chi connectivity index (χ1v) is 10.9. The lowest BCUT2D eigenvalue weighted by molar-refractivity contribution is 0.0954. The predicted octanol–water partition coefficient (Wildman–Crippen LogP) is 5.13. The lowest BCUT2D eigenvalue weighted by Crippen LogP contribution is -2.26. The molecule has 2 aromatic heterocycles. The van der Waals surface area contributed by atoms with Gasteiger partial charge in [0.25, 0.3) is 5.91 Å². The maximum absolute atomic E-state index is 13.0. The van der Waals surface area contributed by atoms with Crippen molar-refractivity contribution in [1.29, 1.82) is 0 Å². The molecule has 164 valence electrons. The van der Waals surface area contributed by atoms with Crippen LogP contribution in [0, 0.1) is 5.92 Å². The van der Waals surface area contributed by atoms with E-state index in [1.54, 1.807) is 24.4 Å². The molecule has 0 atom stereocenters. The van der Waals surface area contributed by atoms with Crippen molar-refractivity contribution >= 4 is 63.3 Å². The number of hydrogen-bond acceptors (Lipinski definition) is 5. The molecule has 0 fully saturated rings. The number of carbonyl (C=O) groups excluding carboxylic acids is 1. The van der Waals surface area contributed by atoms with E-state index in [4.69, 9.17) is 28.9 Å². The fourth-order valence-corrected chi connectivity index (χ4v) is 3.57. The van der Waals surface area contributed by atoms with Gasteiger partial charge in [0.2, 0.25) is 0 Å². The van der Waals surface area contributed by atoms with Crippen molar-refractivity contribution in [3.05, 3.63) is 63.6 Å². The van der Waals surface area contributed by atoms with E-state index in [2.05, 4.69) is 34.2 Å². The van der Waals surface area contributed by atoms with E-state index in [0.717, 1.165) is 12.0 Å². The van der Waals surface area contributed by atoms with Gasteiger partial charge in [-0.3, -0.25) is 4.79 Å². The highest BCUT2D eigenvalue weighted by atomic mass is 35.5. The number of aromatic nitrogens is 3. The van der Waals surface area contributed by atoms with Gasteiger partial charge in [0.1, 0.15) is 16.9 Å². The second kappa shape index (κ2) is 9.14. The molecule has 1 amide bonds. The number of nitrogens with zero attached hydrogens (tertiary/aromatic N) is 4. The summed E-state index contributed by atoms with van der Waals surface area (Å²) >= 11 is 12.1. The molecule has 4 aromatic rings. The maximum atomic E-state index is 13.0. The summed E-state index contributed by atoms with van der Waals surface area (Å²) in [5.74, 6) is 0.323. The monoisotopic (exact) mass is 468 g/mol. The van der Waals surface area contributed by atoms with Gasteiger partial charge in [0.05, 0.1) is 27.3 Å². The summed E-state index contributed by atoms with van der Waals surface area (Å²) in [5, 5.41) is 8.27. The number of nitrogens with two attached hydrogens (primary N) is 1. The first-order valence-electron chi connectivity index (χ1n) is 10.2. The second-order valence-electron chi connectivity index (χ2n) is 7.81. The molecule has 0 aliphatic rings. The summed E-state index contributed by atoms with van der Waals surface area (Å²) in [6.07, 6.45) is 2.43. The van der Waals surface area contributed by atoms with Crippen molar-refractivity contribution in [3.63, 3.8) is 0 Å². The summed E-state index contributed by atoms with van der Waals surface area (Å²) in [7, 11) is 0. The third kappa shape index (κ3) is 4.40. The van der Waals surface area contributed by atoms with Crippen molar-refractivity contribution < 1.29 is 4.79 Å². The minimum Gasteiger partial charge on any atom is -0.383 e. The smallest absolute Gasteiger partial charge is 0.257 e. The lowest BCUT2D eigenvalue weighted by Gasteiger charge is -2.07. The number of carbonyl (C=O) groups is 1. The van der Waals surface area contributed by atoms with Crippen LogP contribution < -0.4 is 11.1 Å². The summed E-state index contributed by atoms with van der Waals surface area (Å²) < 4.78 is 1.43. The second-order valence-corrected chi connectivity index (χ2v) is 8.63. The largest absolute Gasteiger partial charge is 0.383 e. The van der Waals surface area contributed by atoms with E-state index in [9.17, 15) is 4.79 Å². The van der Waals surface area contributed by atoms with Crippen LogP contribution in [0.5, 0.6) is 0 Å². The highest BCUT2D eigenvalue weighted by Gasteiger charge is 2.24. The normalized spacial score (nSPS) is 11.8. The summed E-state index contributed by atoms with van der Waals surface area (Å²) in [6.45, 7) is 4.74. The molecule has 2 heterocycles. The van der Waals surface area contributed by atoms with Crippen LogP contribution in [0.3, 0.4) is 0 Å². The molecule has 0 bridgehead atoms. The van der Waals surface area contributed by atoms with Gasteiger partial charge in [0, 0.05) is 6.54 Å². The zero-order chi connectivity index (χ0) is 22.8. The topological polar surface area (TPSA) is 98.2 Å². The van der Waals surface area contributed by atoms with E-state index in [0.29, 0.717) is 44.7 Å². The Morgan fingerprint density at radius 2 is 1.88 bits per heavy atom. The van der Waals surface area contributed by atoms with Gasteiger partial charge in [-0.15, -0.1) is 0 Å². The standard InChI is InChI=1S/C23H22Cl2N6O/c1-13(2)9-10-27-23(32)19-20-22(30-18-6-4-3-5-17(18)29-20)31(21(19)26)28-12-14-7-8-15(24)16(25)11-14/h3-8,11-13H,9-10,26H2,1-2H3,(H,27,32)/b28-12-. The summed E-state index contributed by atoms with van der Waals surface area (Å²) in [5.41, 5.74) is 9.51. The lowest BCUT2D eigenvalue weighted by atomic mass is 10.1. The molecule has 0 spiro atoms. The first kappa shape index (κ1) is 22.0. The van der Waals surface area contributed by atoms with E-state index >= 15 is 0 Å². The molecule has 0 unspecified atom stereocenters. The minimum absolute atomic E-state index is 0.161. The Labute approximate surface area is 195 Å². The Bertz CT molecular complexity index is 1350. The van der Waals surface area contributed by atoms with Crippen LogP contribution in [0.15, 0.2) is 47.6 Å². The maximum Gasteiger partial charge on any atom is 0.257 e. The van der Waals surface area contributed by atoms with Gasteiger partial charge in [-0.25, -0.2) is 9.97 Å². The van der Waals surface area contributed by atoms with Crippen LogP contribution in [-0.4, -0.2) is 33.3 Å². The molecular formula is C23H22Cl2N6O. The van der Waals surface area contributed by atoms with Crippen LogP contribution in [0.4, 0.5) is 5.82 Å². The van der Waals surface area contributed by atoms with Gasteiger partial charge >= 0.3 is 0 Å². The molecule has 0 saturated heterocycles. The zero-order valence-electron chi connectivity index (χ0n) is 17.6. The van der Waals surface area contributed by atoms with Crippen LogP contribution in [0.1, 0.15) is 36.2 Å². The molecule has 3 N–H and O–H groups in total. The third-order valence-electron chi connectivity index (χ3n) is 4.97. The van der Waals surface area contributed by atoms with Crippen molar-refractivity contribution in [3.8, 4) is 0 Å². The number of rotatable bonds is 6. The number of benzene rings is 2. The highest BCUT2D eigenvalue weighted by Crippen LogP contribution is 2.28. The number of fused-ring (bicyclic) bond motifs is 2. The molecule has 32 heavy (non-hydrogen) atoms. The number of halogens is 2. The quantitative estimate of drug-likeness (QED) is 0.383. The molecule has 4 rings (SSSR count). The number of nitrogen functional groups attached to an aromatic ring is 1. The van der Waals surface area contributed by atoms with Crippen molar-refractivity contribution in [1.82, 2.24) is 20.0 Å². The molecule has 0 aliphatic carbocycles. The zero-order valence-corrected chi connectivity index (χ0v) is 19.2. The fraction of sp³-hybridized carbons (Fsp3) is 0.217. The van der Waals surface area contributed by atoms with E-state index in [-0.39, 0.29) is 17.3 Å². The van der Waals surface area contributed by atoms with Gasteiger partial charge in [-0.1, -0.05) is 55.2 Å². The molecule has 0 saturated carbocycles. The molecule has 7 nitrogen and oxygen atoms in total. The van der Waals surface area contributed by atoms with Crippen LogP contribution in [-0.2, 0) is 0 Å². The van der Waals surface area contributed by atoms with E-state index < -0.39 is 0 Å². The van der Waals surface area contributed by atoms with E-state index in [1.165, 1.54) is 4.68 Å². The van der Waals surface area contributed by atoms with Crippen LogP contribution in [0.25, 0.3) is 22.2 Å². The summed E-state index contributed by atoms with van der Waals surface area (Å²) in [4.78, 5) is 22.4. The molecule has 0 radical (unpaired) electrons. The number of nitrogens with one attached hydrogen (secondary N) is 1. The Balaban J connectivity index is 1.83. The highest BCUT2D eigenvalue weighted by molar-refractivity contribution is 6.42. The fourth-order valence-electron chi connectivity index (χ4n) is 3.27. The predicted molar refractivity (Wildman–Crippen MR) is 131 cm³/mol. The average Bonchev–Trinajstić information content (AvgIpc) is 3.02. The molecular weight excluding hydrogens is 447 g/mol. The Morgan fingerprint density at radius 3 is 2.56 bits per heavy atom. The van der Waals surface area contributed by atoms with Crippen LogP contribution in [0.2, 0.25) is 10.0 Å². The van der Waals surface area contributed by atoms with Crippen molar-refractivity contribution in [2.75, 3.05) is 12.3 Å². The van der Waals surface area contributed by atoms with Gasteiger partial charge < -0.3 is 11.1 Å². The number of anilines is 1. The first-order chi connectivity index (χ1) is 15.3. The molecule has 2 aromatic carbocycles. The van der Waals surface area contributed by atoms with Gasteiger partial charge in [0.15, 0.2) is 5.65 Å². The number of amides is 1. The Hall–Kier alpha value is -3.16. The SMILES string of the molecule is CC(C)CCNC(=O)c1c(N)n(/N=C\c2ccc(Cl)c(Cl)c2)c2nc3ccccc3nc12. The molecule has 0 aliphatic heterocycles. The Kier molecular flexibility index (Phi) is 6.30. The number of hydrogen-bond donors (Lipinski definition) is 2. The van der Waals surface area contributed by atoms with Crippen LogP contribution >= 0.6 is 23.2 Å². The Morgan fingerprint density at radius 1 is 1.16 bits per heavy atom. The third-order valence-corrected chi connectivity index (χ3v) is 5.71. The average molecular weight is 469 g/mol. The molecule has 9 heteroatoms. The van der Waals surface area contributed by atoms with E-state index in [1.807, 2.05) is 24.3 Å². The van der Waals surface area contributed by atoms with Gasteiger partial charge in [-0.05, 0) is 42.2 Å². The van der Waals surface area contributed by atoms with Gasteiger partial charge in [-0.2, -0.15) is 9.78 Å². The summed E-state index contributed by atoms with van der Waals surface area (Å²) in [6, 6.07) is 12.6.